The Hall–Kier alpha value is -3.46. The summed E-state index contributed by atoms with van der Waals surface area (Å²) in [5.41, 5.74) is 1.20. The maximum absolute atomic E-state index is 12.0. The zero-order valence-electron chi connectivity index (χ0n) is 14.9. The van der Waals surface area contributed by atoms with Gasteiger partial charge < -0.3 is 14.2 Å². The molecule has 0 atom stereocenters. The standard InChI is InChI=1S/C18H15ClN4O5/c1-3-27-18(25)16-15(21-23-22-16)10-4-5-13(12(19)8-10)28-14-9-11(6-7-20-14)17(24)26-2/h4-9H,3H2,1-2H3,(H,21,22,23). The van der Waals surface area contributed by atoms with Crippen LogP contribution in [0.1, 0.15) is 27.8 Å². The number of carbonyl (C=O) groups is 2. The summed E-state index contributed by atoms with van der Waals surface area (Å²) in [6, 6.07) is 7.76. The Labute approximate surface area is 164 Å². The molecule has 0 aliphatic carbocycles. The summed E-state index contributed by atoms with van der Waals surface area (Å²) in [5.74, 6) is -0.620. The summed E-state index contributed by atoms with van der Waals surface area (Å²) in [6.45, 7) is 1.92. The molecule has 0 fully saturated rings. The maximum Gasteiger partial charge on any atom is 0.361 e. The van der Waals surface area contributed by atoms with Gasteiger partial charge in [0.2, 0.25) is 5.88 Å². The fraction of sp³-hybridized carbons (Fsp3) is 0.167. The topological polar surface area (TPSA) is 116 Å². The van der Waals surface area contributed by atoms with Gasteiger partial charge in [0.1, 0.15) is 11.4 Å². The van der Waals surface area contributed by atoms with Gasteiger partial charge in [0.05, 0.1) is 24.3 Å². The van der Waals surface area contributed by atoms with Crippen LogP contribution >= 0.6 is 11.6 Å². The summed E-state index contributed by atoms with van der Waals surface area (Å²) in [5, 5.41) is 10.5. The number of halogens is 1. The molecule has 0 saturated heterocycles. The number of nitrogens with one attached hydrogen (secondary N) is 1. The third kappa shape index (κ3) is 4.09. The third-order valence-electron chi connectivity index (χ3n) is 3.59. The molecule has 9 nitrogen and oxygen atoms in total. The van der Waals surface area contributed by atoms with Crippen LogP contribution in [0.4, 0.5) is 0 Å². The second-order valence-corrected chi connectivity index (χ2v) is 5.77. The van der Waals surface area contributed by atoms with Crippen LogP contribution < -0.4 is 4.74 Å². The van der Waals surface area contributed by atoms with Gasteiger partial charge in [-0.3, -0.25) is 0 Å². The Morgan fingerprint density at radius 3 is 2.68 bits per heavy atom. The van der Waals surface area contributed by atoms with Gasteiger partial charge in [-0.25, -0.2) is 14.6 Å². The number of pyridine rings is 1. The van der Waals surface area contributed by atoms with Crippen molar-refractivity contribution in [2.24, 2.45) is 0 Å². The Morgan fingerprint density at radius 1 is 1.14 bits per heavy atom. The van der Waals surface area contributed by atoms with Crippen LogP contribution in [-0.2, 0) is 9.47 Å². The lowest BCUT2D eigenvalue weighted by Gasteiger charge is -2.09. The average molecular weight is 403 g/mol. The van der Waals surface area contributed by atoms with Gasteiger partial charge in [-0.05, 0) is 31.2 Å². The Kier molecular flexibility index (Phi) is 5.85. The van der Waals surface area contributed by atoms with E-state index < -0.39 is 11.9 Å². The first-order valence-electron chi connectivity index (χ1n) is 8.13. The molecule has 10 heteroatoms. The molecule has 2 aromatic heterocycles. The number of ether oxygens (including phenoxy) is 3. The molecule has 144 valence electrons. The quantitative estimate of drug-likeness (QED) is 0.624. The Balaban J connectivity index is 1.85. The van der Waals surface area contributed by atoms with Crippen molar-refractivity contribution in [1.29, 1.82) is 0 Å². The SMILES string of the molecule is CCOC(=O)c1n[nH]nc1-c1ccc(Oc2cc(C(=O)OC)ccn2)c(Cl)c1. The van der Waals surface area contributed by atoms with Gasteiger partial charge in [0.25, 0.3) is 0 Å². The van der Waals surface area contributed by atoms with Crippen molar-refractivity contribution >= 4 is 23.5 Å². The van der Waals surface area contributed by atoms with Crippen molar-refractivity contribution in [2.45, 2.75) is 6.92 Å². The van der Waals surface area contributed by atoms with Gasteiger partial charge in [0.15, 0.2) is 5.69 Å². The van der Waals surface area contributed by atoms with Crippen LogP contribution in [0.2, 0.25) is 5.02 Å². The number of esters is 2. The van der Waals surface area contributed by atoms with Crippen molar-refractivity contribution in [3.8, 4) is 22.9 Å². The molecule has 0 unspecified atom stereocenters. The molecule has 3 aromatic rings. The van der Waals surface area contributed by atoms with Crippen molar-refractivity contribution in [3.05, 3.63) is 52.8 Å². The van der Waals surface area contributed by atoms with E-state index in [1.54, 1.807) is 25.1 Å². The largest absolute Gasteiger partial charge is 0.465 e. The van der Waals surface area contributed by atoms with E-state index in [4.69, 9.17) is 21.1 Å². The normalized spacial score (nSPS) is 10.4. The highest BCUT2D eigenvalue weighted by Crippen LogP contribution is 2.33. The van der Waals surface area contributed by atoms with Crippen LogP contribution in [0.3, 0.4) is 0 Å². The third-order valence-corrected chi connectivity index (χ3v) is 3.89. The molecule has 0 saturated carbocycles. The lowest BCUT2D eigenvalue weighted by molar-refractivity contribution is 0.0519. The molecule has 2 heterocycles. The Bertz CT molecular complexity index is 1020. The number of nitrogens with zero attached hydrogens (tertiary/aromatic N) is 3. The summed E-state index contributed by atoms with van der Waals surface area (Å²) >= 11 is 6.30. The molecule has 0 spiro atoms. The monoisotopic (exact) mass is 402 g/mol. The van der Waals surface area contributed by atoms with E-state index >= 15 is 0 Å². The van der Waals surface area contributed by atoms with E-state index in [2.05, 4.69) is 25.1 Å². The van der Waals surface area contributed by atoms with Crippen LogP contribution in [0, 0.1) is 0 Å². The van der Waals surface area contributed by atoms with Crippen molar-refractivity contribution in [3.63, 3.8) is 0 Å². The predicted molar refractivity (Wildman–Crippen MR) is 98.4 cm³/mol. The van der Waals surface area contributed by atoms with E-state index in [9.17, 15) is 9.59 Å². The highest BCUT2D eigenvalue weighted by atomic mass is 35.5. The van der Waals surface area contributed by atoms with E-state index in [-0.39, 0.29) is 23.2 Å². The first-order chi connectivity index (χ1) is 13.5. The molecular formula is C18H15ClN4O5. The Morgan fingerprint density at radius 2 is 1.96 bits per heavy atom. The first kappa shape index (κ1) is 19.3. The fourth-order valence-electron chi connectivity index (χ4n) is 2.33. The number of methoxy groups -OCH3 is 1. The lowest BCUT2D eigenvalue weighted by Crippen LogP contribution is -2.06. The summed E-state index contributed by atoms with van der Waals surface area (Å²) in [7, 11) is 1.29. The van der Waals surface area contributed by atoms with E-state index in [1.807, 2.05) is 0 Å². The molecule has 0 aliphatic heterocycles. The van der Waals surface area contributed by atoms with Gasteiger partial charge in [-0.1, -0.05) is 11.6 Å². The molecule has 0 bridgehead atoms. The van der Waals surface area contributed by atoms with Gasteiger partial charge >= 0.3 is 11.9 Å². The number of carbonyl (C=O) groups excluding carboxylic acids is 2. The average Bonchev–Trinajstić information content (AvgIpc) is 3.19. The van der Waals surface area contributed by atoms with Crippen LogP contribution in [0.15, 0.2) is 36.5 Å². The second kappa shape index (κ2) is 8.49. The van der Waals surface area contributed by atoms with Crippen molar-refractivity contribution in [1.82, 2.24) is 20.4 Å². The first-order valence-corrected chi connectivity index (χ1v) is 8.51. The number of aromatic nitrogens is 4. The number of benzene rings is 1. The highest BCUT2D eigenvalue weighted by Gasteiger charge is 2.20. The molecule has 1 N–H and O–H groups in total. The van der Waals surface area contributed by atoms with Gasteiger partial charge in [-0.15, -0.1) is 5.10 Å². The fourth-order valence-corrected chi connectivity index (χ4v) is 2.55. The summed E-state index contributed by atoms with van der Waals surface area (Å²) < 4.78 is 15.3. The molecule has 0 aliphatic rings. The zero-order valence-corrected chi connectivity index (χ0v) is 15.7. The van der Waals surface area contributed by atoms with Crippen LogP contribution in [0.25, 0.3) is 11.3 Å². The van der Waals surface area contributed by atoms with Gasteiger partial charge in [0, 0.05) is 17.8 Å². The minimum Gasteiger partial charge on any atom is -0.465 e. The smallest absolute Gasteiger partial charge is 0.361 e. The maximum atomic E-state index is 12.0. The molecule has 28 heavy (non-hydrogen) atoms. The van der Waals surface area contributed by atoms with E-state index in [0.717, 1.165) is 0 Å². The molecule has 0 amide bonds. The van der Waals surface area contributed by atoms with Crippen LogP contribution in [0.5, 0.6) is 11.6 Å². The number of hydrogen-bond donors (Lipinski definition) is 1. The van der Waals surface area contributed by atoms with Crippen LogP contribution in [-0.4, -0.2) is 46.1 Å². The molecule has 1 aromatic carbocycles. The van der Waals surface area contributed by atoms with Crippen molar-refractivity contribution < 1.29 is 23.8 Å². The number of H-pyrrole nitrogens is 1. The van der Waals surface area contributed by atoms with Crippen molar-refractivity contribution in [2.75, 3.05) is 13.7 Å². The number of rotatable bonds is 6. The lowest BCUT2D eigenvalue weighted by atomic mass is 10.1. The minimum atomic E-state index is -0.591. The number of aromatic amines is 1. The summed E-state index contributed by atoms with van der Waals surface area (Å²) in [4.78, 5) is 27.6. The highest BCUT2D eigenvalue weighted by molar-refractivity contribution is 6.32. The van der Waals surface area contributed by atoms with E-state index in [0.29, 0.717) is 22.6 Å². The van der Waals surface area contributed by atoms with E-state index in [1.165, 1.54) is 25.4 Å². The van der Waals surface area contributed by atoms with Gasteiger partial charge in [-0.2, -0.15) is 10.3 Å². The molecule has 3 rings (SSSR count). The molecule has 0 radical (unpaired) electrons. The number of hydrogen-bond acceptors (Lipinski definition) is 8. The minimum absolute atomic E-state index is 0.0547. The molecular weight excluding hydrogens is 388 g/mol. The summed E-state index contributed by atoms with van der Waals surface area (Å²) in [6.07, 6.45) is 1.42. The zero-order chi connectivity index (χ0) is 20.1. The second-order valence-electron chi connectivity index (χ2n) is 5.36. The predicted octanol–water partition coefficient (Wildman–Crippen LogP) is 3.28.